The highest BCUT2D eigenvalue weighted by Crippen LogP contribution is 2.28. The molecule has 0 unspecified atom stereocenters. The van der Waals surface area contributed by atoms with E-state index in [-0.39, 0.29) is 12.2 Å². The van der Waals surface area contributed by atoms with Gasteiger partial charge in [-0.3, -0.25) is 4.39 Å². The second-order valence-electron chi connectivity index (χ2n) is 2.95. The summed E-state index contributed by atoms with van der Waals surface area (Å²) in [5.41, 5.74) is 6.17. The topological polar surface area (TPSA) is 35.2 Å². The number of nitrogens with two attached hydrogens (primary N) is 1. The molecule has 1 atom stereocenters. The number of para-hydroxylation sites is 1. The van der Waals surface area contributed by atoms with Gasteiger partial charge in [-0.15, -0.1) is 0 Å². The van der Waals surface area contributed by atoms with E-state index in [0.29, 0.717) is 5.56 Å². The molecule has 1 aromatic carbocycles. The summed E-state index contributed by atoms with van der Waals surface area (Å²) < 4.78 is 30.1. The Bertz CT molecular complexity index is 304. The standard InChI is InChI=1S/C10H13F2NO/c1-14-10-7(9(13)5-6-11)3-2-4-8(10)12/h2-4,9H,5-6,13H2,1H3/t9-/m0/s1. The van der Waals surface area contributed by atoms with Crippen LogP contribution in [0.15, 0.2) is 18.2 Å². The molecule has 78 valence electrons. The zero-order chi connectivity index (χ0) is 10.6. The Labute approximate surface area is 81.7 Å². The van der Waals surface area contributed by atoms with E-state index >= 15 is 0 Å². The van der Waals surface area contributed by atoms with Crippen LogP contribution < -0.4 is 10.5 Å². The lowest BCUT2D eigenvalue weighted by atomic mass is 10.0. The Kier molecular flexibility index (Phi) is 3.83. The highest BCUT2D eigenvalue weighted by Gasteiger charge is 2.14. The van der Waals surface area contributed by atoms with E-state index in [2.05, 4.69) is 0 Å². The maximum atomic E-state index is 13.2. The van der Waals surface area contributed by atoms with Gasteiger partial charge in [-0.05, 0) is 12.5 Å². The average molecular weight is 201 g/mol. The van der Waals surface area contributed by atoms with Gasteiger partial charge in [0.05, 0.1) is 13.8 Å². The van der Waals surface area contributed by atoms with Crippen molar-refractivity contribution in [2.24, 2.45) is 5.73 Å². The summed E-state index contributed by atoms with van der Waals surface area (Å²) in [5.74, 6) is -0.368. The molecule has 14 heavy (non-hydrogen) atoms. The van der Waals surface area contributed by atoms with Crippen LogP contribution in [-0.2, 0) is 0 Å². The fraction of sp³-hybridized carbons (Fsp3) is 0.400. The van der Waals surface area contributed by atoms with Gasteiger partial charge in [0.1, 0.15) is 0 Å². The Morgan fingerprint density at radius 2 is 2.21 bits per heavy atom. The lowest BCUT2D eigenvalue weighted by Gasteiger charge is -2.14. The van der Waals surface area contributed by atoms with Gasteiger partial charge in [-0.1, -0.05) is 12.1 Å². The molecule has 0 heterocycles. The minimum absolute atomic E-state index is 0.105. The number of benzene rings is 1. The van der Waals surface area contributed by atoms with Crippen LogP contribution in [0.1, 0.15) is 18.0 Å². The summed E-state index contributed by atoms with van der Waals surface area (Å²) in [4.78, 5) is 0. The first-order valence-electron chi connectivity index (χ1n) is 4.34. The van der Waals surface area contributed by atoms with Gasteiger partial charge in [0.15, 0.2) is 11.6 Å². The number of hydrogen-bond donors (Lipinski definition) is 1. The minimum Gasteiger partial charge on any atom is -0.493 e. The molecule has 0 aromatic heterocycles. The van der Waals surface area contributed by atoms with Crippen molar-refractivity contribution < 1.29 is 13.5 Å². The van der Waals surface area contributed by atoms with Crippen LogP contribution in [0.4, 0.5) is 8.78 Å². The zero-order valence-electron chi connectivity index (χ0n) is 7.97. The van der Waals surface area contributed by atoms with E-state index in [9.17, 15) is 8.78 Å². The van der Waals surface area contributed by atoms with Crippen LogP contribution in [0.5, 0.6) is 5.75 Å². The molecule has 0 aliphatic rings. The lowest BCUT2D eigenvalue weighted by Crippen LogP contribution is -2.12. The molecular weight excluding hydrogens is 188 g/mol. The van der Waals surface area contributed by atoms with Crippen molar-refractivity contribution >= 4 is 0 Å². The Balaban J connectivity index is 3.00. The Morgan fingerprint density at radius 3 is 2.79 bits per heavy atom. The van der Waals surface area contributed by atoms with Crippen molar-refractivity contribution in [2.75, 3.05) is 13.8 Å². The van der Waals surface area contributed by atoms with E-state index in [1.807, 2.05) is 0 Å². The summed E-state index contributed by atoms with van der Waals surface area (Å²) in [6.45, 7) is -0.527. The van der Waals surface area contributed by atoms with Crippen molar-refractivity contribution in [1.29, 1.82) is 0 Å². The van der Waals surface area contributed by atoms with Crippen LogP contribution in [0.3, 0.4) is 0 Å². The van der Waals surface area contributed by atoms with Gasteiger partial charge in [-0.25, -0.2) is 4.39 Å². The Hall–Kier alpha value is -1.16. The maximum Gasteiger partial charge on any atom is 0.165 e. The van der Waals surface area contributed by atoms with E-state index in [0.717, 1.165) is 0 Å². The largest absolute Gasteiger partial charge is 0.493 e. The first-order chi connectivity index (χ1) is 6.70. The molecule has 0 radical (unpaired) electrons. The average Bonchev–Trinajstić information content (AvgIpc) is 2.17. The first kappa shape index (κ1) is 10.9. The third-order valence-corrected chi connectivity index (χ3v) is 2.02. The van der Waals surface area contributed by atoms with Gasteiger partial charge >= 0.3 is 0 Å². The Morgan fingerprint density at radius 1 is 1.50 bits per heavy atom. The SMILES string of the molecule is COc1c(F)cccc1[C@@H](N)CCF. The number of alkyl halides is 1. The molecule has 0 amide bonds. The third kappa shape index (κ3) is 2.20. The normalized spacial score (nSPS) is 12.6. The summed E-state index contributed by atoms with van der Waals surface area (Å²) in [5, 5.41) is 0. The van der Waals surface area contributed by atoms with Gasteiger partial charge in [0.2, 0.25) is 0 Å². The summed E-state index contributed by atoms with van der Waals surface area (Å²) in [6.07, 6.45) is 0.166. The van der Waals surface area contributed by atoms with E-state index in [1.54, 1.807) is 6.07 Å². The molecule has 0 saturated carbocycles. The van der Waals surface area contributed by atoms with Crippen molar-refractivity contribution in [1.82, 2.24) is 0 Å². The van der Waals surface area contributed by atoms with Crippen LogP contribution in [0.25, 0.3) is 0 Å². The molecule has 1 rings (SSSR count). The number of hydrogen-bond acceptors (Lipinski definition) is 2. The van der Waals surface area contributed by atoms with Crippen LogP contribution in [-0.4, -0.2) is 13.8 Å². The highest BCUT2D eigenvalue weighted by atomic mass is 19.1. The van der Waals surface area contributed by atoms with Crippen molar-refractivity contribution in [3.05, 3.63) is 29.6 Å². The van der Waals surface area contributed by atoms with Crippen molar-refractivity contribution in [2.45, 2.75) is 12.5 Å². The van der Waals surface area contributed by atoms with Gasteiger partial charge in [0.25, 0.3) is 0 Å². The predicted molar refractivity (Wildman–Crippen MR) is 50.5 cm³/mol. The van der Waals surface area contributed by atoms with Crippen molar-refractivity contribution in [3.8, 4) is 5.75 Å². The molecule has 2 nitrogen and oxygen atoms in total. The quantitative estimate of drug-likeness (QED) is 0.810. The lowest BCUT2D eigenvalue weighted by molar-refractivity contribution is 0.371. The number of methoxy groups -OCH3 is 1. The summed E-state index contributed by atoms with van der Waals surface area (Å²) in [6, 6.07) is 3.93. The fourth-order valence-corrected chi connectivity index (χ4v) is 1.31. The molecule has 0 saturated heterocycles. The third-order valence-electron chi connectivity index (χ3n) is 2.02. The summed E-state index contributed by atoms with van der Waals surface area (Å²) >= 11 is 0. The first-order valence-corrected chi connectivity index (χ1v) is 4.34. The number of rotatable bonds is 4. The molecule has 0 fully saturated rings. The summed E-state index contributed by atoms with van der Waals surface area (Å²) in [7, 11) is 1.37. The van der Waals surface area contributed by atoms with Crippen LogP contribution in [0, 0.1) is 5.82 Å². The molecule has 0 bridgehead atoms. The number of ether oxygens (including phenoxy) is 1. The molecule has 0 aliphatic heterocycles. The number of halogens is 2. The molecule has 4 heteroatoms. The molecule has 0 aliphatic carbocycles. The van der Waals surface area contributed by atoms with Crippen LogP contribution >= 0.6 is 0 Å². The van der Waals surface area contributed by atoms with Gasteiger partial charge in [0, 0.05) is 11.6 Å². The molecule has 0 spiro atoms. The molecular formula is C10H13F2NO. The molecule has 2 N–H and O–H groups in total. The zero-order valence-corrected chi connectivity index (χ0v) is 7.97. The maximum absolute atomic E-state index is 13.2. The smallest absolute Gasteiger partial charge is 0.165 e. The van der Waals surface area contributed by atoms with Gasteiger partial charge in [-0.2, -0.15) is 0 Å². The van der Waals surface area contributed by atoms with E-state index in [4.69, 9.17) is 10.5 Å². The molecule has 1 aromatic rings. The predicted octanol–water partition coefficient (Wildman–Crippen LogP) is 2.19. The fourth-order valence-electron chi connectivity index (χ4n) is 1.31. The monoisotopic (exact) mass is 201 g/mol. The minimum atomic E-state index is -0.527. The van der Waals surface area contributed by atoms with Gasteiger partial charge < -0.3 is 10.5 Å². The second-order valence-corrected chi connectivity index (χ2v) is 2.95. The van der Waals surface area contributed by atoms with E-state index < -0.39 is 18.5 Å². The highest BCUT2D eigenvalue weighted by molar-refractivity contribution is 5.37. The second kappa shape index (κ2) is 4.91. The van der Waals surface area contributed by atoms with E-state index in [1.165, 1.54) is 19.2 Å². The van der Waals surface area contributed by atoms with Crippen LogP contribution in [0.2, 0.25) is 0 Å². The van der Waals surface area contributed by atoms with Crippen molar-refractivity contribution in [3.63, 3.8) is 0 Å².